The summed E-state index contributed by atoms with van der Waals surface area (Å²) in [7, 11) is 1.72. The van der Waals surface area contributed by atoms with Gasteiger partial charge >= 0.3 is 0 Å². The molecule has 0 bridgehead atoms. The Hall–Kier alpha value is -1.06. The number of aliphatic imine (C=N–C) groups is 1. The molecule has 0 spiro atoms. The van der Waals surface area contributed by atoms with E-state index >= 15 is 0 Å². The molecule has 1 aliphatic heterocycles. The van der Waals surface area contributed by atoms with Crippen LogP contribution in [0.3, 0.4) is 0 Å². The van der Waals surface area contributed by atoms with Crippen LogP contribution in [0, 0.1) is 5.92 Å². The molecule has 1 heterocycles. The second kappa shape index (κ2) is 5.87. The normalized spacial score (nSPS) is 23.7. The maximum absolute atomic E-state index is 5.93. The maximum atomic E-state index is 5.93. The number of rotatable bonds is 3. The van der Waals surface area contributed by atoms with E-state index in [1.807, 2.05) is 18.2 Å². The van der Waals surface area contributed by atoms with E-state index in [1.165, 1.54) is 5.56 Å². The molecule has 16 heavy (non-hydrogen) atoms. The molecular formula is C12H17ClN2O. The first-order valence-electron chi connectivity index (χ1n) is 5.16. The molecule has 0 saturated carbocycles. The van der Waals surface area contributed by atoms with Crippen LogP contribution in [0.5, 0.6) is 0 Å². The number of nitrogens with zero attached hydrogens (tertiary/aromatic N) is 1. The lowest BCUT2D eigenvalue weighted by Crippen LogP contribution is -2.25. The van der Waals surface area contributed by atoms with Crippen molar-refractivity contribution in [2.24, 2.45) is 16.6 Å². The smallest absolute Gasteiger partial charge is 0.102 e. The van der Waals surface area contributed by atoms with Gasteiger partial charge in [-0.2, -0.15) is 0 Å². The second-order valence-electron chi connectivity index (χ2n) is 3.87. The van der Waals surface area contributed by atoms with Gasteiger partial charge in [-0.3, -0.25) is 4.99 Å². The van der Waals surface area contributed by atoms with Crippen LogP contribution >= 0.6 is 12.4 Å². The molecule has 4 heteroatoms. The highest BCUT2D eigenvalue weighted by Gasteiger charge is 2.30. The minimum absolute atomic E-state index is 0. The minimum Gasteiger partial charge on any atom is -0.387 e. The van der Waals surface area contributed by atoms with Gasteiger partial charge in [0.1, 0.15) is 5.84 Å². The van der Waals surface area contributed by atoms with Gasteiger partial charge in [-0.15, -0.1) is 12.4 Å². The highest BCUT2D eigenvalue weighted by atomic mass is 35.5. The van der Waals surface area contributed by atoms with Crippen LogP contribution in [-0.4, -0.2) is 26.1 Å². The molecule has 2 rings (SSSR count). The average Bonchev–Trinajstić information content (AvgIpc) is 2.62. The first-order valence-corrected chi connectivity index (χ1v) is 5.16. The number of benzene rings is 1. The quantitative estimate of drug-likeness (QED) is 0.876. The Balaban J connectivity index is 0.00000128. The maximum Gasteiger partial charge on any atom is 0.102 e. The van der Waals surface area contributed by atoms with E-state index < -0.39 is 0 Å². The van der Waals surface area contributed by atoms with Gasteiger partial charge in [-0.05, 0) is 5.56 Å². The molecule has 2 atom stereocenters. The summed E-state index contributed by atoms with van der Waals surface area (Å²) in [6, 6.07) is 10.3. The summed E-state index contributed by atoms with van der Waals surface area (Å²) in [5, 5.41) is 0. The number of nitrogens with two attached hydrogens (primary N) is 1. The van der Waals surface area contributed by atoms with Crippen LogP contribution in [0.1, 0.15) is 11.5 Å². The highest BCUT2D eigenvalue weighted by molar-refractivity contribution is 5.89. The minimum atomic E-state index is 0. The third kappa shape index (κ3) is 2.54. The van der Waals surface area contributed by atoms with Crippen molar-refractivity contribution in [1.29, 1.82) is 0 Å². The number of halogens is 1. The molecule has 0 fully saturated rings. The fourth-order valence-corrected chi connectivity index (χ4v) is 2.13. The van der Waals surface area contributed by atoms with Crippen molar-refractivity contribution in [1.82, 2.24) is 0 Å². The summed E-state index contributed by atoms with van der Waals surface area (Å²) in [5.74, 6) is 1.35. The van der Waals surface area contributed by atoms with Crippen molar-refractivity contribution in [3.8, 4) is 0 Å². The lowest BCUT2D eigenvalue weighted by molar-refractivity contribution is 0.155. The topological polar surface area (TPSA) is 47.6 Å². The summed E-state index contributed by atoms with van der Waals surface area (Å²) < 4.78 is 5.20. The molecule has 1 aromatic carbocycles. The molecule has 0 unspecified atom stereocenters. The van der Waals surface area contributed by atoms with Gasteiger partial charge in [0.05, 0.1) is 6.61 Å². The fraction of sp³-hybridized carbons (Fsp3) is 0.417. The molecule has 0 saturated heterocycles. The Labute approximate surface area is 102 Å². The fourth-order valence-electron chi connectivity index (χ4n) is 2.13. The largest absolute Gasteiger partial charge is 0.387 e. The SMILES string of the molecule is COC[C@H]1CN=C(N)[C@@H]1c1ccccc1.Cl. The predicted molar refractivity (Wildman–Crippen MR) is 68.3 cm³/mol. The average molecular weight is 241 g/mol. The molecule has 0 aliphatic carbocycles. The Morgan fingerprint density at radius 1 is 1.38 bits per heavy atom. The summed E-state index contributed by atoms with van der Waals surface area (Å²) in [6.07, 6.45) is 0. The van der Waals surface area contributed by atoms with Crippen molar-refractivity contribution in [2.75, 3.05) is 20.3 Å². The number of ether oxygens (including phenoxy) is 1. The van der Waals surface area contributed by atoms with E-state index in [-0.39, 0.29) is 18.3 Å². The second-order valence-corrected chi connectivity index (χ2v) is 3.87. The molecule has 0 radical (unpaired) electrons. The highest BCUT2D eigenvalue weighted by Crippen LogP contribution is 2.29. The zero-order valence-electron chi connectivity index (χ0n) is 9.30. The summed E-state index contributed by atoms with van der Waals surface area (Å²) in [4.78, 5) is 4.31. The zero-order valence-corrected chi connectivity index (χ0v) is 10.1. The van der Waals surface area contributed by atoms with Gasteiger partial charge in [-0.25, -0.2) is 0 Å². The molecule has 1 aromatic rings. The molecule has 3 nitrogen and oxygen atoms in total. The van der Waals surface area contributed by atoms with E-state index in [0.29, 0.717) is 12.5 Å². The van der Waals surface area contributed by atoms with Crippen molar-refractivity contribution in [3.05, 3.63) is 35.9 Å². The van der Waals surface area contributed by atoms with Crippen LogP contribution in [0.25, 0.3) is 0 Å². The molecule has 0 amide bonds. The zero-order chi connectivity index (χ0) is 10.7. The van der Waals surface area contributed by atoms with E-state index in [4.69, 9.17) is 10.5 Å². The lowest BCUT2D eigenvalue weighted by Gasteiger charge is -2.19. The number of hydrogen-bond donors (Lipinski definition) is 1. The predicted octanol–water partition coefficient (Wildman–Crippen LogP) is 1.83. The first-order chi connectivity index (χ1) is 7.33. The van der Waals surface area contributed by atoms with Crippen molar-refractivity contribution >= 4 is 18.2 Å². The van der Waals surface area contributed by atoms with E-state index in [2.05, 4.69) is 17.1 Å². The molecular weight excluding hydrogens is 224 g/mol. The third-order valence-electron chi connectivity index (χ3n) is 2.84. The van der Waals surface area contributed by atoms with Crippen LogP contribution in [0.4, 0.5) is 0 Å². The Morgan fingerprint density at radius 2 is 2.06 bits per heavy atom. The molecule has 1 aliphatic rings. The summed E-state index contributed by atoms with van der Waals surface area (Å²) in [6.45, 7) is 1.49. The van der Waals surface area contributed by atoms with Gasteiger partial charge < -0.3 is 10.5 Å². The van der Waals surface area contributed by atoms with Gasteiger partial charge in [0.15, 0.2) is 0 Å². The summed E-state index contributed by atoms with van der Waals surface area (Å²) >= 11 is 0. The molecule has 2 N–H and O–H groups in total. The van der Waals surface area contributed by atoms with Gasteiger partial charge in [-0.1, -0.05) is 30.3 Å². The number of amidine groups is 1. The third-order valence-corrected chi connectivity index (χ3v) is 2.84. The van der Waals surface area contributed by atoms with Gasteiger partial charge in [0.2, 0.25) is 0 Å². The monoisotopic (exact) mass is 240 g/mol. The molecule has 0 aromatic heterocycles. The van der Waals surface area contributed by atoms with Crippen LogP contribution in [0.2, 0.25) is 0 Å². The van der Waals surface area contributed by atoms with Crippen LogP contribution in [-0.2, 0) is 4.74 Å². The number of hydrogen-bond acceptors (Lipinski definition) is 3. The number of methoxy groups -OCH3 is 1. The standard InChI is InChI=1S/C12H16N2O.ClH/c1-15-8-10-7-14-12(13)11(10)9-5-3-2-4-6-9;/h2-6,10-11H,7-8H2,1H3,(H2,13,14);1H/t10-,11-;/m1./s1. The van der Waals surface area contributed by atoms with Crippen molar-refractivity contribution in [3.63, 3.8) is 0 Å². The van der Waals surface area contributed by atoms with Gasteiger partial charge in [0, 0.05) is 25.5 Å². The Kier molecular flexibility index (Phi) is 4.77. The van der Waals surface area contributed by atoms with E-state index in [9.17, 15) is 0 Å². The first kappa shape index (κ1) is 13.0. The Bertz CT molecular complexity index is 353. The van der Waals surface area contributed by atoms with Crippen molar-refractivity contribution < 1.29 is 4.74 Å². The summed E-state index contributed by atoms with van der Waals surface area (Å²) in [5.41, 5.74) is 7.16. The molecule has 88 valence electrons. The van der Waals surface area contributed by atoms with Crippen LogP contribution in [0.15, 0.2) is 35.3 Å². The van der Waals surface area contributed by atoms with Crippen LogP contribution < -0.4 is 5.73 Å². The van der Waals surface area contributed by atoms with E-state index in [1.54, 1.807) is 7.11 Å². The lowest BCUT2D eigenvalue weighted by atomic mass is 9.88. The van der Waals surface area contributed by atoms with E-state index in [0.717, 1.165) is 12.4 Å². The Morgan fingerprint density at radius 3 is 2.69 bits per heavy atom. The van der Waals surface area contributed by atoms with Crippen molar-refractivity contribution in [2.45, 2.75) is 5.92 Å². The van der Waals surface area contributed by atoms with Gasteiger partial charge in [0.25, 0.3) is 0 Å².